The van der Waals surface area contributed by atoms with Crippen molar-refractivity contribution in [2.24, 2.45) is 5.92 Å². The minimum absolute atomic E-state index is 0.0656. The molecule has 0 N–H and O–H groups in total. The Hall–Kier alpha value is -1.69. The molecule has 0 aromatic carbocycles. The van der Waals surface area contributed by atoms with Crippen molar-refractivity contribution in [3.8, 4) is 0 Å². The van der Waals surface area contributed by atoms with E-state index in [-0.39, 0.29) is 5.54 Å². The molecule has 0 radical (unpaired) electrons. The molecule has 1 saturated carbocycles. The average Bonchev–Trinajstić information content (AvgIpc) is 3.50. The van der Waals surface area contributed by atoms with E-state index in [2.05, 4.69) is 33.7 Å². The summed E-state index contributed by atoms with van der Waals surface area (Å²) in [5, 5.41) is 0. The molecule has 1 aromatic rings. The molecule has 1 amide bonds. The smallest absolute Gasteiger partial charge is 0.222 e. The van der Waals surface area contributed by atoms with Gasteiger partial charge in [-0.05, 0) is 52.0 Å². The van der Waals surface area contributed by atoms with Crippen LogP contribution in [0.15, 0.2) is 6.20 Å². The van der Waals surface area contributed by atoms with Crippen molar-refractivity contribution in [2.75, 3.05) is 44.7 Å². The minimum atomic E-state index is 0.0656. The Labute approximate surface area is 162 Å². The highest BCUT2D eigenvalue weighted by Gasteiger charge is 2.43. The number of rotatable bonds is 4. The van der Waals surface area contributed by atoms with Crippen LogP contribution in [0.1, 0.15) is 50.4 Å². The van der Waals surface area contributed by atoms with Gasteiger partial charge in [0.1, 0.15) is 11.6 Å². The van der Waals surface area contributed by atoms with Gasteiger partial charge in [-0.25, -0.2) is 9.97 Å². The van der Waals surface area contributed by atoms with E-state index in [9.17, 15) is 4.79 Å². The Morgan fingerprint density at radius 3 is 2.78 bits per heavy atom. The van der Waals surface area contributed by atoms with Crippen LogP contribution in [0.5, 0.6) is 0 Å². The summed E-state index contributed by atoms with van der Waals surface area (Å²) < 4.78 is 0. The Balaban J connectivity index is 1.55. The monoisotopic (exact) mass is 371 g/mol. The van der Waals surface area contributed by atoms with Crippen LogP contribution in [-0.2, 0) is 11.2 Å². The number of amides is 1. The fourth-order valence-electron chi connectivity index (χ4n) is 4.69. The van der Waals surface area contributed by atoms with E-state index in [1.54, 1.807) is 0 Å². The van der Waals surface area contributed by atoms with Gasteiger partial charge in [-0.3, -0.25) is 9.69 Å². The Morgan fingerprint density at radius 1 is 1.22 bits per heavy atom. The number of likely N-dealkylation sites (tertiary alicyclic amines) is 1. The predicted molar refractivity (Wildman–Crippen MR) is 107 cm³/mol. The molecule has 4 rings (SSSR count). The Morgan fingerprint density at radius 2 is 2.04 bits per heavy atom. The lowest BCUT2D eigenvalue weighted by Gasteiger charge is -2.50. The lowest BCUT2D eigenvalue weighted by Crippen LogP contribution is -2.61. The van der Waals surface area contributed by atoms with E-state index in [1.165, 1.54) is 18.4 Å². The van der Waals surface area contributed by atoms with Crippen LogP contribution >= 0.6 is 0 Å². The molecule has 0 bridgehead atoms. The van der Waals surface area contributed by atoms with Crippen molar-refractivity contribution in [3.63, 3.8) is 0 Å². The number of carbonyl (C=O) groups excluding carboxylic acids is 1. The number of nitrogens with zero attached hydrogens (tertiary/aromatic N) is 5. The number of aromatic nitrogens is 2. The van der Waals surface area contributed by atoms with Crippen LogP contribution in [0.3, 0.4) is 0 Å². The highest BCUT2D eigenvalue weighted by atomic mass is 16.2. The van der Waals surface area contributed by atoms with Gasteiger partial charge >= 0.3 is 0 Å². The number of hydrogen-bond donors (Lipinski definition) is 0. The molecule has 1 aliphatic carbocycles. The molecule has 1 aromatic heterocycles. The molecule has 2 aliphatic heterocycles. The maximum atomic E-state index is 12.7. The van der Waals surface area contributed by atoms with E-state index in [0.717, 1.165) is 69.5 Å². The van der Waals surface area contributed by atoms with Crippen LogP contribution in [0.4, 0.5) is 5.82 Å². The first-order valence-corrected chi connectivity index (χ1v) is 10.6. The number of piperazine rings is 1. The highest BCUT2D eigenvalue weighted by molar-refractivity contribution is 5.76. The van der Waals surface area contributed by atoms with Crippen molar-refractivity contribution < 1.29 is 4.79 Å². The summed E-state index contributed by atoms with van der Waals surface area (Å²) >= 11 is 0. The lowest BCUT2D eigenvalue weighted by molar-refractivity contribution is -0.130. The standard InChI is InChI=1S/C21H33N5O/c1-4-18-13-22-16(2)23-20(18)26-12-11-24(3)21(15-26)8-7-19(27)25(10-9-21)14-17-5-6-17/h13,17H,4-12,14-15H2,1-3H3/t21-/m1/s1. The first kappa shape index (κ1) is 18.7. The summed E-state index contributed by atoms with van der Waals surface area (Å²) in [6.45, 7) is 8.98. The molecule has 6 nitrogen and oxygen atoms in total. The lowest BCUT2D eigenvalue weighted by atomic mass is 9.86. The zero-order valence-electron chi connectivity index (χ0n) is 17.1. The van der Waals surface area contributed by atoms with Crippen LogP contribution < -0.4 is 4.90 Å². The molecule has 3 heterocycles. The van der Waals surface area contributed by atoms with Gasteiger partial charge in [-0.2, -0.15) is 0 Å². The van der Waals surface area contributed by atoms with Crippen LogP contribution in [0, 0.1) is 12.8 Å². The van der Waals surface area contributed by atoms with E-state index >= 15 is 0 Å². The molecule has 1 spiro atoms. The second kappa shape index (κ2) is 7.38. The van der Waals surface area contributed by atoms with E-state index in [4.69, 9.17) is 4.98 Å². The molecule has 3 aliphatic rings. The van der Waals surface area contributed by atoms with Crippen LogP contribution in [-0.4, -0.2) is 71.0 Å². The normalized spacial score (nSPS) is 27.3. The number of anilines is 1. The first-order valence-electron chi connectivity index (χ1n) is 10.6. The zero-order chi connectivity index (χ0) is 19.0. The molecule has 27 heavy (non-hydrogen) atoms. The Bertz CT molecular complexity index is 704. The number of hydrogen-bond acceptors (Lipinski definition) is 5. The molecular weight excluding hydrogens is 338 g/mol. The van der Waals surface area contributed by atoms with Gasteiger partial charge in [-0.1, -0.05) is 6.92 Å². The molecule has 2 saturated heterocycles. The minimum Gasteiger partial charge on any atom is -0.353 e. The second-order valence-electron chi connectivity index (χ2n) is 8.72. The van der Waals surface area contributed by atoms with E-state index in [1.807, 2.05) is 13.1 Å². The van der Waals surface area contributed by atoms with Crippen molar-refractivity contribution in [1.29, 1.82) is 0 Å². The third-order valence-electron chi connectivity index (χ3n) is 6.82. The third kappa shape index (κ3) is 3.82. The van der Waals surface area contributed by atoms with Gasteiger partial charge in [0, 0.05) is 56.4 Å². The topological polar surface area (TPSA) is 52.6 Å². The van der Waals surface area contributed by atoms with Gasteiger partial charge in [-0.15, -0.1) is 0 Å². The van der Waals surface area contributed by atoms with Crippen molar-refractivity contribution >= 4 is 11.7 Å². The predicted octanol–water partition coefficient (Wildman–Crippen LogP) is 2.26. The van der Waals surface area contributed by atoms with E-state index < -0.39 is 0 Å². The first-order chi connectivity index (χ1) is 13.0. The quantitative estimate of drug-likeness (QED) is 0.813. The SMILES string of the molecule is CCc1cnc(C)nc1N1CCN(C)[C@@]2(CCC(=O)N(CC3CC3)CC2)C1. The molecule has 1 atom stereocenters. The second-order valence-corrected chi connectivity index (χ2v) is 8.72. The van der Waals surface area contributed by atoms with Gasteiger partial charge in [0.05, 0.1) is 0 Å². The van der Waals surface area contributed by atoms with Gasteiger partial charge < -0.3 is 9.80 Å². The summed E-state index contributed by atoms with van der Waals surface area (Å²) in [4.78, 5) is 29.0. The van der Waals surface area contributed by atoms with Gasteiger partial charge in [0.15, 0.2) is 0 Å². The van der Waals surface area contributed by atoms with Crippen LogP contribution in [0.2, 0.25) is 0 Å². The summed E-state index contributed by atoms with van der Waals surface area (Å²) in [6.07, 6.45) is 8.22. The highest BCUT2D eigenvalue weighted by Crippen LogP contribution is 2.36. The molecule has 6 heteroatoms. The summed E-state index contributed by atoms with van der Waals surface area (Å²) in [7, 11) is 2.24. The van der Waals surface area contributed by atoms with Crippen molar-refractivity contribution in [2.45, 2.75) is 57.9 Å². The summed E-state index contributed by atoms with van der Waals surface area (Å²) in [6, 6.07) is 0. The largest absolute Gasteiger partial charge is 0.353 e. The molecule has 3 fully saturated rings. The summed E-state index contributed by atoms with van der Waals surface area (Å²) in [5.41, 5.74) is 1.29. The maximum Gasteiger partial charge on any atom is 0.222 e. The van der Waals surface area contributed by atoms with Crippen molar-refractivity contribution in [3.05, 3.63) is 17.6 Å². The number of carbonyl (C=O) groups is 1. The van der Waals surface area contributed by atoms with Gasteiger partial charge in [0.2, 0.25) is 5.91 Å². The fraction of sp³-hybridized carbons (Fsp3) is 0.762. The zero-order valence-corrected chi connectivity index (χ0v) is 17.1. The molecular formula is C21H33N5O. The fourth-order valence-corrected chi connectivity index (χ4v) is 4.69. The Kier molecular flexibility index (Phi) is 5.10. The maximum absolute atomic E-state index is 12.7. The van der Waals surface area contributed by atoms with E-state index in [0.29, 0.717) is 12.3 Å². The van der Waals surface area contributed by atoms with Crippen LogP contribution in [0.25, 0.3) is 0 Å². The summed E-state index contributed by atoms with van der Waals surface area (Å²) in [5.74, 6) is 3.06. The molecule has 148 valence electrons. The van der Waals surface area contributed by atoms with Gasteiger partial charge in [0.25, 0.3) is 0 Å². The molecule has 0 unspecified atom stereocenters. The number of likely N-dealkylation sites (N-methyl/N-ethyl adjacent to an activating group) is 1. The number of aryl methyl sites for hydroxylation is 2. The van der Waals surface area contributed by atoms with Crippen molar-refractivity contribution in [1.82, 2.24) is 19.8 Å². The average molecular weight is 372 g/mol. The third-order valence-corrected chi connectivity index (χ3v) is 6.82.